The third-order valence-electron chi connectivity index (χ3n) is 3.64. The minimum absolute atomic E-state index is 0.185. The number of aryl methyl sites for hydroxylation is 1. The van der Waals surface area contributed by atoms with Crippen LogP contribution in [0.25, 0.3) is 11.4 Å². The van der Waals surface area contributed by atoms with Gasteiger partial charge in [0, 0.05) is 11.9 Å². The summed E-state index contributed by atoms with van der Waals surface area (Å²) in [6.45, 7) is 7.78. The van der Waals surface area contributed by atoms with Gasteiger partial charge in [-0.3, -0.25) is 9.36 Å². The number of thioether (sulfide) groups is 1. The molecule has 0 saturated heterocycles. The van der Waals surface area contributed by atoms with Crippen LogP contribution in [0.5, 0.6) is 0 Å². The van der Waals surface area contributed by atoms with Crippen molar-refractivity contribution in [1.29, 1.82) is 0 Å². The number of halogens is 1. The van der Waals surface area contributed by atoms with Gasteiger partial charge in [-0.2, -0.15) is 0 Å². The number of hydrogen-bond donors (Lipinski definition) is 1. The van der Waals surface area contributed by atoms with Crippen molar-refractivity contribution in [3.63, 3.8) is 0 Å². The second-order valence-corrected chi connectivity index (χ2v) is 7.89. The van der Waals surface area contributed by atoms with Gasteiger partial charge in [-0.1, -0.05) is 30.0 Å². The smallest absolute Gasteiger partial charge is 0.239 e. The molecule has 1 amide bonds. The van der Waals surface area contributed by atoms with Crippen LogP contribution in [0, 0.1) is 12.7 Å². The van der Waals surface area contributed by atoms with Gasteiger partial charge in [0.15, 0.2) is 16.1 Å². The Bertz CT molecular complexity index is 968. The van der Waals surface area contributed by atoms with E-state index in [4.69, 9.17) is 0 Å². The van der Waals surface area contributed by atoms with E-state index in [2.05, 4.69) is 27.1 Å². The Hall–Kier alpha value is -2.52. The molecule has 0 bridgehead atoms. The number of carbonyl (C=O) groups is 1. The zero-order valence-electron chi connectivity index (χ0n) is 14.8. The Balaban J connectivity index is 1.81. The number of hydrogen-bond acceptors (Lipinski definition) is 6. The molecule has 0 saturated carbocycles. The molecule has 9 heteroatoms. The molecule has 0 aliphatic carbocycles. The molecular weight excluding hydrogens is 385 g/mol. The van der Waals surface area contributed by atoms with Gasteiger partial charge in [0.05, 0.1) is 16.5 Å². The fraction of sp³-hybridized carbons (Fsp3) is 0.222. The van der Waals surface area contributed by atoms with E-state index < -0.39 is 5.25 Å². The van der Waals surface area contributed by atoms with Gasteiger partial charge in [-0.25, -0.2) is 9.37 Å². The standard InChI is InChI=1S/C18H18FN5OS2/c1-4-9-24-15(13-7-5-6-8-14(13)19)22-23-18(24)27-12(3)16(25)21-17-20-11(2)10-26-17/h4-8,10,12H,1,9H2,2-3H3,(H,20,21,25)/t12-/m1/s1. The lowest BCUT2D eigenvalue weighted by molar-refractivity contribution is -0.115. The molecule has 0 aliphatic rings. The fourth-order valence-corrected chi connectivity index (χ4v) is 3.89. The van der Waals surface area contributed by atoms with Crippen molar-refractivity contribution in [2.24, 2.45) is 0 Å². The molecule has 0 aliphatic heterocycles. The van der Waals surface area contributed by atoms with E-state index >= 15 is 0 Å². The molecule has 1 aromatic carbocycles. The maximum atomic E-state index is 14.2. The number of amides is 1. The van der Waals surface area contributed by atoms with Crippen LogP contribution in [-0.2, 0) is 11.3 Å². The van der Waals surface area contributed by atoms with E-state index in [9.17, 15) is 9.18 Å². The van der Waals surface area contributed by atoms with Crippen LogP contribution in [0.1, 0.15) is 12.6 Å². The molecule has 6 nitrogen and oxygen atoms in total. The van der Waals surface area contributed by atoms with Crippen molar-refractivity contribution in [2.75, 3.05) is 5.32 Å². The zero-order chi connectivity index (χ0) is 19.4. The molecule has 1 atom stereocenters. The lowest BCUT2D eigenvalue weighted by atomic mass is 10.2. The van der Waals surface area contributed by atoms with Gasteiger partial charge in [0.1, 0.15) is 5.82 Å². The molecule has 0 radical (unpaired) electrons. The van der Waals surface area contributed by atoms with E-state index in [0.717, 1.165) is 5.69 Å². The molecule has 0 spiro atoms. The summed E-state index contributed by atoms with van der Waals surface area (Å²) in [6, 6.07) is 6.38. The molecule has 2 aromatic heterocycles. The molecule has 0 fully saturated rings. The summed E-state index contributed by atoms with van der Waals surface area (Å²) in [6.07, 6.45) is 1.68. The Morgan fingerprint density at radius 2 is 2.22 bits per heavy atom. The molecular formula is C18H18FN5OS2. The topological polar surface area (TPSA) is 72.7 Å². The van der Waals surface area contributed by atoms with Gasteiger partial charge in [0.2, 0.25) is 5.91 Å². The van der Waals surface area contributed by atoms with Gasteiger partial charge < -0.3 is 5.32 Å². The van der Waals surface area contributed by atoms with Crippen molar-refractivity contribution < 1.29 is 9.18 Å². The maximum Gasteiger partial charge on any atom is 0.239 e. The van der Waals surface area contributed by atoms with Crippen molar-refractivity contribution >= 4 is 34.1 Å². The molecule has 2 heterocycles. The summed E-state index contributed by atoms with van der Waals surface area (Å²) >= 11 is 2.63. The minimum Gasteiger partial charge on any atom is -0.301 e. The van der Waals surface area contributed by atoms with E-state index in [1.54, 1.807) is 35.8 Å². The summed E-state index contributed by atoms with van der Waals surface area (Å²) in [7, 11) is 0. The minimum atomic E-state index is -0.435. The highest BCUT2D eigenvalue weighted by atomic mass is 32.2. The number of nitrogens with one attached hydrogen (secondary N) is 1. The highest BCUT2D eigenvalue weighted by Gasteiger charge is 2.22. The van der Waals surface area contributed by atoms with Crippen LogP contribution in [0.15, 0.2) is 47.5 Å². The normalized spacial score (nSPS) is 12.0. The third kappa shape index (κ3) is 4.42. The molecule has 27 heavy (non-hydrogen) atoms. The van der Waals surface area contributed by atoms with E-state index in [0.29, 0.717) is 28.2 Å². The lowest BCUT2D eigenvalue weighted by Gasteiger charge is -2.12. The predicted octanol–water partition coefficient (Wildman–Crippen LogP) is 4.15. The zero-order valence-corrected chi connectivity index (χ0v) is 16.5. The van der Waals surface area contributed by atoms with Crippen molar-refractivity contribution in [3.8, 4) is 11.4 Å². The first-order chi connectivity index (χ1) is 13.0. The lowest BCUT2D eigenvalue weighted by Crippen LogP contribution is -2.22. The maximum absolute atomic E-state index is 14.2. The first-order valence-corrected chi connectivity index (χ1v) is 9.94. The highest BCUT2D eigenvalue weighted by Crippen LogP contribution is 2.29. The summed E-state index contributed by atoms with van der Waals surface area (Å²) in [4.78, 5) is 16.7. The largest absolute Gasteiger partial charge is 0.301 e. The summed E-state index contributed by atoms with van der Waals surface area (Å²) in [5, 5.41) is 13.6. The van der Waals surface area contributed by atoms with Gasteiger partial charge in [-0.05, 0) is 26.0 Å². The average Bonchev–Trinajstić information content (AvgIpc) is 3.22. The number of carbonyl (C=O) groups excluding carboxylic acids is 1. The SMILES string of the molecule is C=CCn1c(S[C@H](C)C(=O)Nc2nc(C)cs2)nnc1-c1ccccc1F. The van der Waals surface area contributed by atoms with Gasteiger partial charge >= 0.3 is 0 Å². The molecule has 1 N–H and O–H groups in total. The first-order valence-electron chi connectivity index (χ1n) is 8.18. The van der Waals surface area contributed by atoms with Crippen LogP contribution < -0.4 is 5.32 Å². The Kier molecular flexibility index (Phi) is 6.02. The Morgan fingerprint density at radius 3 is 2.89 bits per heavy atom. The third-order valence-corrected chi connectivity index (χ3v) is 5.60. The molecule has 3 aromatic rings. The van der Waals surface area contributed by atoms with E-state index in [1.807, 2.05) is 12.3 Å². The Labute approximate surface area is 164 Å². The number of nitrogens with zero attached hydrogens (tertiary/aromatic N) is 4. The number of anilines is 1. The molecule has 0 unspecified atom stereocenters. The van der Waals surface area contributed by atoms with Crippen LogP contribution >= 0.6 is 23.1 Å². The number of thiazole rings is 1. The van der Waals surface area contributed by atoms with Crippen molar-refractivity contribution in [1.82, 2.24) is 19.7 Å². The van der Waals surface area contributed by atoms with Crippen LogP contribution in [0.3, 0.4) is 0 Å². The van der Waals surface area contributed by atoms with Crippen LogP contribution in [-0.4, -0.2) is 30.9 Å². The molecule has 140 valence electrons. The van der Waals surface area contributed by atoms with Crippen molar-refractivity contribution in [3.05, 3.63) is 53.8 Å². The van der Waals surface area contributed by atoms with Crippen LogP contribution in [0.4, 0.5) is 9.52 Å². The number of aromatic nitrogens is 4. The summed E-state index contributed by atoms with van der Waals surface area (Å²) < 4.78 is 15.9. The van der Waals surface area contributed by atoms with Gasteiger partial charge in [-0.15, -0.1) is 28.1 Å². The highest BCUT2D eigenvalue weighted by molar-refractivity contribution is 8.00. The average molecular weight is 404 g/mol. The Morgan fingerprint density at radius 1 is 1.44 bits per heavy atom. The summed E-state index contributed by atoms with van der Waals surface area (Å²) in [5.41, 5.74) is 1.21. The number of benzene rings is 1. The monoisotopic (exact) mass is 403 g/mol. The number of allylic oxidation sites excluding steroid dienone is 1. The van der Waals surface area contributed by atoms with Crippen molar-refractivity contribution in [2.45, 2.75) is 30.8 Å². The van der Waals surface area contributed by atoms with E-state index in [-0.39, 0.29) is 11.7 Å². The van der Waals surface area contributed by atoms with E-state index in [1.165, 1.54) is 29.2 Å². The second kappa shape index (κ2) is 8.45. The second-order valence-electron chi connectivity index (χ2n) is 5.73. The number of rotatable bonds is 7. The first kappa shape index (κ1) is 19.2. The predicted molar refractivity (Wildman–Crippen MR) is 106 cm³/mol. The fourth-order valence-electron chi connectivity index (χ4n) is 2.34. The quantitative estimate of drug-likeness (QED) is 0.474. The van der Waals surface area contributed by atoms with Crippen LogP contribution in [0.2, 0.25) is 0 Å². The van der Waals surface area contributed by atoms with Gasteiger partial charge in [0.25, 0.3) is 0 Å². The molecule has 3 rings (SSSR count). The summed E-state index contributed by atoms with van der Waals surface area (Å²) in [5.74, 6) is -0.162.